The van der Waals surface area contributed by atoms with E-state index < -0.39 is 23.3 Å². The third-order valence-corrected chi connectivity index (χ3v) is 15.5. The van der Waals surface area contributed by atoms with Crippen molar-refractivity contribution in [3.05, 3.63) is 120 Å². The van der Waals surface area contributed by atoms with E-state index in [2.05, 4.69) is 91.4 Å². The SMILES string of the molecule is C=CCOC12Oc3ccc(Oc4ccc(SC)cc4)cc3C3C(CCCCO)C(CCCCO)C=C(C(=NOC(C)(C)C)CC1N(Cc1cccc4ccccc14)C(=O)CCCCCCCCCCC)C32. The summed E-state index contributed by atoms with van der Waals surface area (Å²) in [6.45, 7) is 13.3. The molecule has 0 saturated heterocycles. The second-order valence-electron chi connectivity index (χ2n) is 21.0. The van der Waals surface area contributed by atoms with E-state index in [-0.39, 0.29) is 43.5 Å². The molecule has 1 amide bonds. The molecule has 3 aliphatic rings. The molecular weight excluding hydrogens is 905 g/mol. The Kier molecular flexibility index (Phi) is 20.1. The number of unbranched alkanes of at least 4 members (excludes halogenated alkanes) is 10. The van der Waals surface area contributed by atoms with E-state index >= 15 is 4.79 Å². The Balaban J connectivity index is 1.40. The molecule has 2 N–H and O–H groups in total. The zero-order chi connectivity index (χ0) is 50.2. The minimum atomic E-state index is -1.36. The summed E-state index contributed by atoms with van der Waals surface area (Å²) in [7, 11) is 0. The van der Waals surface area contributed by atoms with Crippen LogP contribution in [0, 0.1) is 17.8 Å². The number of ether oxygens (including phenoxy) is 3. The summed E-state index contributed by atoms with van der Waals surface area (Å²) in [4.78, 5) is 25.2. The van der Waals surface area contributed by atoms with Crippen LogP contribution in [-0.2, 0) is 20.9 Å². The van der Waals surface area contributed by atoms with Gasteiger partial charge in [0.2, 0.25) is 11.7 Å². The lowest BCUT2D eigenvalue weighted by Crippen LogP contribution is -2.70. The predicted octanol–water partition coefficient (Wildman–Crippen LogP) is 14.7. The third-order valence-electron chi connectivity index (χ3n) is 14.8. The molecule has 6 unspecified atom stereocenters. The van der Waals surface area contributed by atoms with E-state index in [1.165, 1.54) is 38.5 Å². The molecule has 9 nitrogen and oxygen atoms in total. The molecule has 1 saturated carbocycles. The fourth-order valence-electron chi connectivity index (χ4n) is 11.4. The van der Waals surface area contributed by atoms with Crippen LogP contribution in [0.2, 0.25) is 0 Å². The molecule has 10 heteroatoms. The summed E-state index contributed by atoms with van der Waals surface area (Å²) in [6.07, 6.45) is 22.3. The molecule has 0 radical (unpaired) electrons. The van der Waals surface area contributed by atoms with Gasteiger partial charge in [-0.15, -0.1) is 18.3 Å². The van der Waals surface area contributed by atoms with Gasteiger partial charge in [0.25, 0.3) is 0 Å². The average molecular weight is 987 g/mol. The molecular formula is C61H82N2O7S. The molecule has 1 heterocycles. The number of aliphatic hydroxyl groups is 2. The van der Waals surface area contributed by atoms with Crippen molar-refractivity contribution in [2.75, 3.05) is 26.1 Å². The molecule has 0 bridgehead atoms. The van der Waals surface area contributed by atoms with Crippen LogP contribution >= 0.6 is 11.8 Å². The molecule has 0 aromatic heterocycles. The maximum absolute atomic E-state index is 15.5. The van der Waals surface area contributed by atoms with Gasteiger partial charge in [-0.25, -0.2) is 0 Å². The van der Waals surface area contributed by atoms with E-state index in [0.717, 1.165) is 88.8 Å². The highest BCUT2D eigenvalue weighted by atomic mass is 32.2. The quantitative estimate of drug-likeness (QED) is 0.0251. The van der Waals surface area contributed by atoms with Crippen LogP contribution in [0.5, 0.6) is 17.2 Å². The Hall–Kier alpha value is -4.61. The highest BCUT2D eigenvalue weighted by Gasteiger charge is 2.65. The van der Waals surface area contributed by atoms with Crippen molar-refractivity contribution in [3.63, 3.8) is 0 Å². The largest absolute Gasteiger partial charge is 0.459 e. The van der Waals surface area contributed by atoms with Crippen molar-refractivity contribution >= 4 is 34.2 Å². The number of nitrogens with zero attached hydrogens (tertiary/aromatic N) is 2. The Morgan fingerprint density at radius 1 is 0.859 bits per heavy atom. The van der Waals surface area contributed by atoms with Crippen molar-refractivity contribution in [1.29, 1.82) is 0 Å². The fraction of sp³-hybridized carbons (Fsp3) is 0.541. The summed E-state index contributed by atoms with van der Waals surface area (Å²) in [5.41, 5.74) is 3.32. The van der Waals surface area contributed by atoms with Gasteiger partial charge in [-0.1, -0.05) is 131 Å². The Morgan fingerprint density at radius 3 is 2.25 bits per heavy atom. The molecule has 6 atom stereocenters. The number of benzene rings is 4. The molecule has 71 heavy (non-hydrogen) atoms. The van der Waals surface area contributed by atoms with Crippen LogP contribution in [-0.4, -0.2) is 70.2 Å². The topological polar surface area (TPSA) is 110 Å². The molecule has 4 aromatic rings. The van der Waals surface area contributed by atoms with Crippen LogP contribution in [0.4, 0.5) is 0 Å². The Morgan fingerprint density at radius 2 is 1.55 bits per heavy atom. The van der Waals surface area contributed by atoms with Crippen LogP contribution in [0.1, 0.15) is 154 Å². The number of fused-ring (bicyclic) bond motifs is 3. The number of hydrogen-bond donors (Lipinski definition) is 2. The minimum Gasteiger partial charge on any atom is -0.459 e. The molecule has 7 rings (SSSR count). The molecule has 4 aromatic carbocycles. The van der Waals surface area contributed by atoms with Gasteiger partial charge in [-0.2, -0.15) is 0 Å². The highest BCUT2D eigenvalue weighted by molar-refractivity contribution is 7.98. The fourth-order valence-corrected chi connectivity index (χ4v) is 11.8. The molecule has 384 valence electrons. The number of amides is 1. The first-order valence-electron chi connectivity index (χ1n) is 26.9. The zero-order valence-corrected chi connectivity index (χ0v) is 44.2. The van der Waals surface area contributed by atoms with Crippen LogP contribution in [0.3, 0.4) is 0 Å². The number of aliphatic hydroxyl groups excluding tert-OH is 2. The number of carbonyl (C=O) groups excluding carboxylic acids is 1. The highest BCUT2D eigenvalue weighted by Crippen LogP contribution is 2.62. The first kappa shape index (κ1) is 54.2. The normalized spacial score (nSPS) is 22.0. The van der Waals surface area contributed by atoms with E-state index in [4.69, 9.17) is 24.2 Å². The zero-order valence-electron chi connectivity index (χ0n) is 43.4. The van der Waals surface area contributed by atoms with Crippen molar-refractivity contribution < 1.29 is 34.1 Å². The minimum absolute atomic E-state index is 0.0651. The second-order valence-corrected chi connectivity index (χ2v) is 21.9. The van der Waals surface area contributed by atoms with Gasteiger partial charge >= 0.3 is 0 Å². The van der Waals surface area contributed by atoms with Crippen LogP contribution in [0.25, 0.3) is 10.8 Å². The maximum atomic E-state index is 15.5. The van der Waals surface area contributed by atoms with Gasteiger partial charge in [0.1, 0.15) is 28.9 Å². The standard InChI is InChI=1S/C61H82N2O7S/c1-7-9-10-11-12-13-14-15-16-30-57(66)63(43-46-27-23-26-44-24-17-18-28-50(44)46)56-42-54(62-70-60(3,4)5)52-40-45(25-19-21-37-64)51(29-20-22-38-65)58-53-41-48(68-47-31-34-49(71-6)35-32-47)33-36-55(53)69-61(56,59(52)58)67-39-8-2/h8,17-18,23-24,26-28,31-36,40-41,45,51,56,58-59,64-65H,2,7,9-16,19-22,25,29-30,37-39,42-43H2,1,3-6H3. The lowest BCUT2D eigenvalue weighted by Gasteiger charge is -2.60. The first-order chi connectivity index (χ1) is 34.5. The Bertz CT molecular complexity index is 2390. The molecule has 1 fully saturated rings. The van der Waals surface area contributed by atoms with Gasteiger partial charge in [0.05, 0.1) is 18.2 Å². The summed E-state index contributed by atoms with van der Waals surface area (Å²) in [6, 6.07) is 28.5. The van der Waals surface area contributed by atoms with Crippen molar-refractivity contribution in [3.8, 4) is 17.2 Å². The van der Waals surface area contributed by atoms with Gasteiger partial charge in [0, 0.05) is 49.0 Å². The van der Waals surface area contributed by atoms with E-state index in [1.807, 2.05) is 45.0 Å². The molecule has 2 aliphatic carbocycles. The van der Waals surface area contributed by atoms with Crippen LogP contribution in [0.15, 0.2) is 119 Å². The number of hydrogen-bond acceptors (Lipinski definition) is 9. The monoisotopic (exact) mass is 987 g/mol. The summed E-state index contributed by atoms with van der Waals surface area (Å²) in [5, 5.41) is 27.5. The lowest BCUT2D eigenvalue weighted by molar-refractivity contribution is -0.258. The Labute approximate surface area is 429 Å². The van der Waals surface area contributed by atoms with Gasteiger partial charge in [-0.05, 0) is 135 Å². The number of carbonyl (C=O) groups is 1. The number of thioether (sulfide) groups is 1. The van der Waals surface area contributed by atoms with Gasteiger partial charge < -0.3 is 34.2 Å². The van der Waals surface area contributed by atoms with E-state index in [1.54, 1.807) is 17.8 Å². The smallest absolute Gasteiger partial charge is 0.239 e. The second kappa shape index (κ2) is 26.4. The maximum Gasteiger partial charge on any atom is 0.239 e. The summed E-state index contributed by atoms with van der Waals surface area (Å²) >= 11 is 1.69. The first-order valence-corrected chi connectivity index (χ1v) is 28.1. The van der Waals surface area contributed by atoms with Crippen LogP contribution < -0.4 is 9.47 Å². The van der Waals surface area contributed by atoms with Crippen molar-refractivity contribution in [1.82, 2.24) is 4.90 Å². The summed E-state index contributed by atoms with van der Waals surface area (Å²) < 4.78 is 21.6. The average Bonchev–Trinajstić information content (AvgIpc) is 3.37. The van der Waals surface area contributed by atoms with E-state index in [9.17, 15) is 10.2 Å². The number of oxime groups is 1. The van der Waals surface area contributed by atoms with Gasteiger partial charge in [0.15, 0.2) is 0 Å². The third kappa shape index (κ3) is 13.7. The molecule has 1 aliphatic heterocycles. The number of allylic oxidation sites excluding steroid dienone is 1. The predicted molar refractivity (Wildman–Crippen MR) is 290 cm³/mol. The summed E-state index contributed by atoms with van der Waals surface area (Å²) in [5.74, 6) is 0.470. The van der Waals surface area contributed by atoms with Crippen molar-refractivity contribution in [2.45, 2.75) is 172 Å². The van der Waals surface area contributed by atoms with E-state index in [0.29, 0.717) is 43.7 Å². The van der Waals surface area contributed by atoms with Crippen molar-refractivity contribution in [2.24, 2.45) is 22.9 Å². The molecule has 0 spiro atoms. The van der Waals surface area contributed by atoms with Gasteiger partial charge in [-0.3, -0.25) is 4.79 Å². The number of rotatable bonds is 28. The lowest BCUT2D eigenvalue weighted by atomic mass is 9.55.